The number of hydrogen-bond donors (Lipinski definition) is 1. The second-order valence-electron chi connectivity index (χ2n) is 5.12. The molecule has 0 spiro atoms. The molecule has 1 N–H and O–H groups in total. The highest BCUT2D eigenvalue weighted by Crippen LogP contribution is 2.30. The summed E-state index contributed by atoms with van der Waals surface area (Å²) in [5.74, 6) is 0.246. The molecule has 20 heavy (non-hydrogen) atoms. The third-order valence-electron chi connectivity index (χ3n) is 3.69. The maximum Gasteiger partial charge on any atom is 0.128 e. The van der Waals surface area contributed by atoms with Crippen molar-refractivity contribution in [3.05, 3.63) is 35.5 Å². The van der Waals surface area contributed by atoms with Crippen LogP contribution in [0.15, 0.2) is 24.3 Å². The van der Waals surface area contributed by atoms with Crippen LogP contribution in [-0.2, 0) is 19.5 Å². The summed E-state index contributed by atoms with van der Waals surface area (Å²) in [4.78, 5) is 2.25. The van der Waals surface area contributed by atoms with Gasteiger partial charge in [0.25, 0.3) is 0 Å². The standard InChI is InChI=1S/C15H16N4O/c1-18-8-6-14-13(10-18)15(17-19(14)9-7-16)11-2-4-12(20)5-3-11/h2-5,20H,6,8-10H2,1H3. The Morgan fingerprint density at radius 2 is 2.10 bits per heavy atom. The fourth-order valence-corrected chi connectivity index (χ4v) is 2.67. The second-order valence-corrected chi connectivity index (χ2v) is 5.12. The zero-order valence-electron chi connectivity index (χ0n) is 11.4. The Bertz CT molecular complexity index is 666. The molecule has 0 saturated carbocycles. The first-order valence-corrected chi connectivity index (χ1v) is 6.62. The number of benzene rings is 1. The van der Waals surface area contributed by atoms with Crippen molar-refractivity contribution in [3.63, 3.8) is 0 Å². The zero-order valence-corrected chi connectivity index (χ0v) is 11.4. The number of nitriles is 1. The number of aromatic nitrogens is 2. The van der Waals surface area contributed by atoms with Crippen LogP contribution in [-0.4, -0.2) is 33.4 Å². The van der Waals surface area contributed by atoms with Gasteiger partial charge in [-0.1, -0.05) is 0 Å². The molecule has 0 fully saturated rings. The minimum Gasteiger partial charge on any atom is -0.508 e. The third-order valence-corrected chi connectivity index (χ3v) is 3.69. The highest BCUT2D eigenvalue weighted by molar-refractivity contribution is 5.65. The number of nitrogens with zero attached hydrogens (tertiary/aromatic N) is 4. The SMILES string of the molecule is CN1CCc2c(c(-c3ccc(O)cc3)nn2CC#N)C1. The molecular weight excluding hydrogens is 252 g/mol. The number of likely N-dealkylation sites (N-methyl/N-ethyl adjacent to an activating group) is 1. The molecule has 1 aliphatic heterocycles. The molecular formula is C15H16N4O. The van der Waals surface area contributed by atoms with Crippen LogP contribution in [0.3, 0.4) is 0 Å². The Hall–Kier alpha value is -2.32. The summed E-state index contributed by atoms with van der Waals surface area (Å²) in [6, 6.07) is 9.22. The monoisotopic (exact) mass is 268 g/mol. The molecule has 0 bridgehead atoms. The van der Waals surface area contributed by atoms with E-state index in [4.69, 9.17) is 5.26 Å². The number of rotatable bonds is 2. The van der Waals surface area contributed by atoms with Crippen LogP contribution in [0.4, 0.5) is 0 Å². The molecule has 2 heterocycles. The van der Waals surface area contributed by atoms with E-state index >= 15 is 0 Å². The molecule has 1 aliphatic rings. The summed E-state index contributed by atoms with van der Waals surface area (Å²) >= 11 is 0. The van der Waals surface area contributed by atoms with Gasteiger partial charge in [0.15, 0.2) is 0 Å². The first kappa shape index (κ1) is 12.7. The van der Waals surface area contributed by atoms with Gasteiger partial charge in [0.1, 0.15) is 12.3 Å². The molecule has 3 rings (SSSR count). The molecule has 5 heteroatoms. The third kappa shape index (κ3) is 2.15. The number of hydrogen-bond acceptors (Lipinski definition) is 4. The molecule has 0 unspecified atom stereocenters. The summed E-state index contributed by atoms with van der Waals surface area (Å²) in [6.07, 6.45) is 0.915. The molecule has 2 aromatic rings. The molecule has 5 nitrogen and oxygen atoms in total. The van der Waals surface area contributed by atoms with Crippen LogP contribution in [0.2, 0.25) is 0 Å². The fourth-order valence-electron chi connectivity index (χ4n) is 2.67. The Kier molecular flexibility index (Phi) is 3.17. The van der Waals surface area contributed by atoms with E-state index in [-0.39, 0.29) is 12.3 Å². The smallest absolute Gasteiger partial charge is 0.128 e. The highest BCUT2D eigenvalue weighted by Gasteiger charge is 2.23. The van der Waals surface area contributed by atoms with Crippen molar-refractivity contribution >= 4 is 0 Å². The summed E-state index contributed by atoms with van der Waals surface area (Å²) in [5.41, 5.74) is 4.25. The summed E-state index contributed by atoms with van der Waals surface area (Å²) in [7, 11) is 2.09. The average Bonchev–Trinajstić information content (AvgIpc) is 2.78. The van der Waals surface area contributed by atoms with Crippen LogP contribution in [0, 0.1) is 11.3 Å². The Morgan fingerprint density at radius 3 is 2.80 bits per heavy atom. The molecule has 0 atom stereocenters. The Morgan fingerprint density at radius 1 is 1.35 bits per heavy atom. The van der Waals surface area contributed by atoms with E-state index in [0.29, 0.717) is 0 Å². The first-order valence-electron chi connectivity index (χ1n) is 6.62. The van der Waals surface area contributed by atoms with Crippen molar-refractivity contribution in [2.24, 2.45) is 0 Å². The molecule has 0 amide bonds. The molecule has 0 aliphatic carbocycles. The second kappa shape index (κ2) is 4.99. The fraction of sp³-hybridized carbons (Fsp3) is 0.333. The lowest BCUT2D eigenvalue weighted by molar-refractivity contribution is 0.308. The van der Waals surface area contributed by atoms with Gasteiger partial charge in [0.05, 0.1) is 11.8 Å². The lowest BCUT2D eigenvalue weighted by Gasteiger charge is -2.23. The number of fused-ring (bicyclic) bond motifs is 1. The van der Waals surface area contributed by atoms with Crippen molar-refractivity contribution in [1.82, 2.24) is 14.7 Å². The van der Waals surface area contributed by atoms with E-state index in [2.05, 4.69) is 23.1 Å². The van der Waals surface area contributed by atoms with Gasteiger partial charge in [-0.15, -0.1) is 0 Å². The van der Waals surface area contributed by atoms with Gasteiger partial charge in [0, 0.05) is 36.3 Å². The summed E-state index contributed by atoms with van der Waals surface area (Å²) < 4.78 is 1.81. The van der Waals surface area contributed by atoms with Crippen molar-refractivity contribution < 1.29 is 5.11 Å². The first-order chi connectivity index (χ1) is 9.69. The lowest BCUT2D eigenvalue weighted by atomic mass is 10.0. The Balaban J connectivity index is 2.11. The highest BCUT2D eigenvalue weighted by atomic mass is 16.3. The van der Waals surface area contributed by atoms with Gasteiger partial charge in [-0.25, -0.2) is 0 Å². The summed E-state index contributed by atoms with van der Waals surface area (Å²) in [6.45, 7) is 2.11. The van der Waals surface area contributed by atoms with E-state index < -0.39 is 0 Å². The molecule has 0 radical (unpaired) electrons. The molecule has 1 aromatic heterocycles. The van der Waals surface area contributed by atoms with Gasteiger partial charge in [-0.3, -0.25) is 4.68 Å². The predicted octanol–water partition coefficient (Wildman–Crippen LogP) is 1.77. The maximum absolute atomic E-state index is 9.40. The van der Waals surface area contributed by atoms with Crippen LogP contribution >= 0.6 is 0 Å². The van der Waals surface area contributed by atoms with E-state index in [1.807, 2.05) is 16.8 Å². The predicted molar refractivity (Wildman–Crippen MR) is 75.0 cm³/mol. The van der Waals surface area contributed by atoms with Crippen LogP contribution in [0.1, 0.15) is 11.3 Å². The van der Waals surface area contributed by atoms with Gasteiger partial charge in [0.2, 0.25) is 0 Å². The molecule has 0 saturated heterocycles. The number of phenolic OH excluding ortho intramolecular Hbond substituents is 1. The largest absolute Gasteiger partial charge is 0.508 e. The number of phenols is 1. The topological polar surface area (TPSA) is 65.1 Å². The summed E-state index contributed by atoms with van der Waals surface area (Å²) in [5, 5.41) is 22.9. The average molecular weight is 268 g/mol. The van der Waals surface area contributed by atoms with Gasteiger partial charge < -0.3 is 10.0 Å². The normalized spacial score (nSPS) is 14.8. The number of aromatic hydroxyl groups is 1. The Labute approximate surface area is 117 Å². The maximum atomic E-state index is 9.40. The quantitative estimate of drug-likeness (QED) is 0.901. The minimum atomic E-state index is 0.246. The van der Waals surface area contributed by atoms with Crippen molar-refractivity contribution in [3.8, 4) is 23.1 Å². The van der Waals surface area contributed by atoms with E-state index in [1.54, 1.807) is 12.1 Å². The van der Waals surface area contributed by atoms with Crippen LogP contribution < -0.4 is 0 Å². The van der Waals surface area contributed by atoms with Gasteiger partial charge in [-0.2, -0.15) is 10.4 Å². The van der Waals surface area contributed by atoms with E-state index in [1.165, 1.54) is 5.56 Å². The minimum absolute atomic E-state index is 0.246. The van der Waals surface area contributed by atoms with Crippen LogP contribution in [0.5, 0.6) is 5.75 Å². The van der Waals surface area contributed by atoms with E-state index in [0.717, 1.165) is 36.5 Å². The van der Waals surface area contributed by atoms with Crippen molar-refractivity contribution in [2.75, 3.05) is 13.6 Å². The van der Waals surface area contributed by atoms with E-state index in [9.17, 15) is 5.11 Å². The lowest BCUT2D eigenvalue weighted by Crippen LogP contribution is -2.27. The van der Waals surface area contributed by atoms with Gasteiger partial charge in [-0.05, 0) is 31.3 Å². The van der Waals surface area contributed by atoms with Crippen LogP contribution in [0.25, 0.3) is 11.3 Å². The van der Waals surface area contributed by atoms with Crippen molar-refractivity contribution in [2.45, 2.75) is 19.5 Å². The van der Waals surface area contributed by atoms with Gasteiger partial charge >= 0.3 is 0 Å². The molecule has 1 aromatic carbocycles. The molecule has 102 valence electrons. The van der Waals surface area contributed by atoms with Crippen molar-refractivity contribution in [1.29, 1.82) is 5.26 Å². The zero-order chi connectivity index (χ0) is 14.1.